The van der Waals surface area contributed by atoms with Crippen molar-refractivity contribution in [3.05, 3.63) is 48.0 Å². The van der Waals surface area contributed by atoms with Gasteiger partial charge in [-0.1, -0.05) is 49.6 Å². The van der Waals surface area contributed by atoms with E-state index in [1.807, 2.05) is 0 Å². The Hall–Kier alpha value is -1.68. The summed E-state index contributed by atoms with van der Waals surface area (Å²) < 4.78 is 0. The molecular weight excluding hydrogens is 260 g/mol. The van der Waals surface area contributed by atoms with Crippen LogP contribution >= 0.6 is 0 Å². The Morgan fingerprint density at radius 3 is 2.57 bits per heavy atom. The lowest BCUT2D eigenvalue weighted by Crippen LogP contribution is -2.32. The van der Waals surface area contributed by atoms with E-state index in [0.717, 1.165) is 5.82 Å². The maximum absolute atomic E-state index is 4.28. The Morgan fingerprint density at radius 1 is 1.14 bits per heavy atom. The van der Waals surface area contributed by atoms with Crippen LogP contribution in [0.2, 0.25) is 0 Å². The highest BCUT2D eigenvalue weighted by Gasteiger charge is 2.26. The number of aromatic nitrogens is 3. The zero-order chi connectivity index (χ0) is 14.5. The van der Waals surface area contributed by atoms with E-state index in [4.69, 9.17) is 0 Å². The Labute approximate surface area is 126 Å². The fraction of sp³-hybridized carbons (Fsp3) is 0.529. The van der Waals surface area contributed by atoms with Gasteiger partial charge in [0.1, 0.15) is 12.2 Å². The molecule has 0 spiro atoms. The van der Waals surface area contributed by atoms with Crippen molar-refractivity contribution in [2.24, 2.45) is 5.92 Å². The van der Waals surface area contributed by atoms with Crippen LogP contribution in [-0.2, 0) is 0 Å². The molecule has 2 N–H and O–H groups in total. The number of benzene rings is 1. The standard InChI is InChI=1S/C17H24N4/c1-13(17-18-12-19-21-17)20-16(14-8-4-2-5-9-14)15-10-6-3-7-11-15/h2,4-5,8-9,12-13,15-16,20H,3,6-7,10-11H2,1H3,(H,18,19,21). The fourth-order valence-electron chi connectivity index (χ4n) is 3.40. The molecule has 0 bridgehead atoms. The summed E-state index contributed by atoms with van der Waals surface area (Å²) in [6.45, 7) is 2.15. The number of nitrogens with zero attached hydrogens (tertiary/aromatic N) is 2. The normalized spacial score (nSPS) is 19.3. The molecule has 21 heavy (non-hydrogen) atoms. The molecule has 1 aromatic carbocycles. The molecule has 3 rings (SSSR count). The SMILES string of the molecule is CC(NC(c1ccccc1)C1CCCCC1)c1ncn[nH]1. The summed E-state index contributed by atoms with van der Waals surface area (Å²) in [4.78, 5) is 4.28. The second-order valence-corrected chi connectivity index (χ2v) is 6.05. The fourth-order valence-corrected chi connectivity index (χ4v) is 3.40. The average Bonchev–Trinajstić information content (AvgIpc) is 3.09. The summed E-state index contributed by atoms with van der Waals surface area (Å²) in [5, 5.41) is 10.7. The predicted molar refractivity (Wildman–Crippen MR) is 83.7 cm³/mol. The molecule has 0 saturated heterocycles. The van der Waals surface area contributed by atoms with Crippen molar-refractivity contribution < 1.29 is 0 Å². The first kappa shape index (κ1) is 14.3. The van der Waals surface area contributed by atoms with Gasteiger partial charge < -0.3 is 5.32 Å². The lowest BCUT2D eigenvalue weighted by atomic mass is 9.81. The summed E-state index contributed by atoms with van der Waals surface area (Å²) in [5.41, 5.74) is 1.38. The van der Waals surface area contributed by atoms with Crippen LogP contribution in [0.1, 0.15) is 62.5 Å². The molecule has 1 heterocycles. The van der Waals surface area contributed by atoms with Crippen molar-refractivity contribution in [1.82, 2.24) is 20.5 Å². The summed E-state index contributed by atoms with van der Waals surface area (Å²) in [7, 11) is 0. The number of aromatic amines is 1. The topological polar surface area (TPSA) is 53.6 Å². The van der Waals surface area contributed by atoms with Crippen LogP contribution in [0.15, 0.2) is 36.7 Å². The minimum Gasteiger partial charge on any atom is -0.300 e. The predicted octanol–water partition coefficient (Wildman–Crippen LogP) is 3.78. The molecule has 1 aromatic heterocycles. The van der Waals surface area contributed by atoms with E-state index < -0.39 is 0 Å². The van der Waals surface area contributed by atoms with Crippen LogP contribution in [0.3, 0.4) is 0 Å². The van der Waals surface area contributed by atoms with E-state index in [0.29, 0.717) is 12.0 Å². The third-order valence-electron chi connectivity index (χ3n) is 4.55. The molecule has 1 aliphatic rings. The van der Waals surface area contributed by atoms with E-state index in [9.17, 15) is 0 Å². The van der Waals surface area contributed by atoms with Gasteiger partial charge in [0, 0.05) is 6.04 Å². The first-order chi connectivity index (χ1) is 10.3. The molecule has 112 valence electrons. The van der Waals surface area contributed by atoms with Crippen LogP contribution in [0.4, 0.5) is 0 Å². The lowest BCUT2D eigenvalue weighted by molar-refractivity contribution is 0.255. The molecule has 0 aliphatic heterocycles. The molecule has 2 unspecified atom stereocenters. The Balaban J connectivity index is 1.78. The van der Waals surface area contributed by atoms with E-state index in [-0.39, 0.29) is 6.04 Å². The lowest BCUT2D eigenvalue weighted by Gasteiger charge is -2.33. The monoisotopic (exact) mass is 284 g/mol. The van der Waals surface area contributed by atoms with Gasteiger partial charge in [0.2, 0.25) is 0 Å². The smallest absolute Gasteiger partial charge is 0.141 e. The van der Waals surface area contributed by atoms with E-state index in [2.05, 4.69) is 57.8 Å². The number of H-pyrrole nitrogens is 1. The van der Waals surface area contributed by atoms with Crippen molar-refractivity contribution in [1.29, 1.82) is 0 Å². The van der Waals surface area contributed by atoms with Crippen LogP contribution in [0.5, 0.6) is 0 Å². The zero-order valence-corrected chi connectivity index (χ0v) is 12.6. The average molecular weight is 284 g/mol. The first-order valence-corrected chi connectivity index (χ1v) is 8.01. The molecule has 4 nitrogen and oxygen atoms in total. The third kappa shape index (κ3) is 3.50. The maximum atomic E-state index is 4.28. The van der Waals surface area contributed by atoms with Crippen LogP contribution < -0.4 is 5.32 Å². The Morgan fingerprint density at radius 2 is 1.90 bits per heavy atom. The van der Waals surface area contributed by atoms with E-state index >= 15 is 0 Å². The van der Waals surface area contributed by atoms with Crippen molar-refractivity contribution in [2.45, 2.75) is 51.1 Å². The highest BCUT2D eigenvalue weighted by molar-refractivity contribution is 5.20. The van der Waals surface area contributed by atoms with Gasteiger partial charge in [-0.05, 0) is 31.2 Å². The van der Waals surface area contributed by atoms with Crippen molar-refractivity contribution in [2.75, 3.05) is 0 Å². The maximum Gasteiger partial charge on any atom is 0.141 e. The molecule has 0 radical (unpaired) electrons. The number of hydrogen-bond donors (Lipinski definition) is 2. The van der Waals surface area contributed by atoms with Crippen molar-refractivity contribution in [3.8, 4) is 0 Å². The summed E-state index contributed by atoms with van der Waals surface area (Å²) >= 11 is 0. The van der Waals surface area contributed by atoms with Crippen molar-refractivity contribution >= 4 is 0 Å². The summed E-state index contributed by atoms with van der Waals surface area (Å²) in [5.74, 6) is 1.62. The summed E-state index contributed by atoms with van der Waals surface area (Å²) in [6.07, 6.45) is 8.30. The number of rotatable bonds is 5. The minimum absolute atomic E-state index is 0.180. The van der Waals surface area contributed by atoms with Gasteiger partial charge in [-0.25, -0.2) is 4.98 Å². The first-order valence-electron chi connectivity index (χ1n) is 8.01. The van der Waals surface area contributed by atoms with Gasteiger partial charge >= 0.3 is 0 Å². The van der Waals surface area contributed by atoms with Gasteiger partial charge in [-0.2, -0.15) is 5.10 Å². The Kier molecular flexibility index (Phi) is 4.65. The number of hydrogen-bond acceptors (Lipinski definition) is 3. The second kappa shape index (κ2) is 6.85. The van der Waals surface area contributed by atoms with E-state index in [1.54, 1.807) is 6.33 Å². The van der Waals surface area contributed by atoms with Gasteiger partial charge in [0.25, 0.3) is 0 Å². The Bertz CT molecular complexity index is 517. The van der Waals surface area contributed by atoms with Crippen LogP contribution in [-0.4, -0.2) is 15.2 Å². The minimum atomic E-state index is 0.180. The zero-order valence-electron chi connectivity index (χ0n) is 12.6. The molecular formula is C17H24N4. The highest BCUT2D eigenvalue weighted by Crippen LogP contribution is 2.35. The molecule has 2 atom stereocenters. The summed E-state index contributed by atoms with van der Waals surface area (Å²) in [6, 6.07) is 11.4. The van der Waals surface area contributed by atoms with Crippen LogP contribution in [0.25, 0.3) is 0 Å². The van der Waals surface area contributed by atoms with Gasteiger partial charge in [0.15, 0.2) is 0 Å². The van der Waals surface area contributed by atoms with E-state index in [1.165, 1.54) is 37.7 Å². The van der Waals surface area contributed by atoms with Gasteiger partial charge in [0.05, 0.1) is 6.04 Å². The molecule has 1 fully saturated rings. The molecule has 1 saturated carbocycles. The highest BCUT2D eigenvalue weighted by atomic mass is 15.2. The van der Waals surface area contributed by atoms with Crippen LogP contribution in [0, 0.1) is 5.92 Å². The van der Waals surface area contributed by atoms with Gasteiger partial charge in [-0.3, -0.25) is 5.10 Å². The molecule has 0 amide bonds. The largest absolute Gasteiger partial charge is 0.300 e. The molecule has 4 heteroatoms. The number of nitrogens with one attached hydrogen (secondary N) is 2. The van der Waals surface area contributed by atoms with Crippen molar-refractivity contribution in [3.63, 3.8) is 0 Å². The third-order valence-corrected chi connectivity index (χ3v) is 4.55. The van der Waals surface area contributed by atoms with Gasteiger partial charge in [-0.15, -0.1) is 0 Å². The molecule has 2 aromatic rings. The molecule has 1 aliphatic carbocycles. The quantitative estimate of drug-likeness (QED) is 0.878. The second-order valence-electron chi connectivity index (χ2n) is 6.05.